The highest BCUT2D eigenvalue weighted by atomic mass is 32.1. The molecule has 0 saturated carbocycles. The van der Waals surface area contributed by atoms with E-state index >= 15 is 0 Å². The SMILES string of the molecule is CC(C)c1cc(-c2ccco2)no1.CC(C)c1cc(C(C)(C)C)no1.CC(C)c1ccc(-c2cn[nH]c2)cc1.CC(C)c1ccc2[nH]ccc2c1.CC(C)c1ccc2c(c1)CC(=O)N2.CC(C)c1ccc2c(c1)CC(=O)N2.CC(C)c1ccc2nc(C(C)(C)C)[nH]c2c1.CC(C)c1nc2ccccc2o1.Cc1ccc(C(C)C)cc1.O=S=O. The van der Waals surface area contributed by atoms with E-state index in [1.807, 2.05) is 79.3 Å². The number of carbonyl (C=O) groups excluding carboxylic acids is 2. The number of oxazole rings is 1. The van der Waals surface area contributed by atoms with Crippen molar-refractivity contribution in [1.82, 2.24) is 40.4 Å². The maximum absolute atomic E-state index is 11.1. The summed E-state index contributed by atoms with van der Waals surface area (Å²) in [5.41, 5.74) is 23.3. The molecule has 626 valence electrons. The maximum atomic E-state index is 11.1. The Morgan fingerprint density at radius 1 is 0.449 bits per heavy atom. The third-order valence-corrected chi connectivity index (χ3v) is 19.7. The van der Waals surface area contributed by atoms with Crippen molar-refractivity contribution in [2.45, 2.75) is 250 Å². The summed E-state index contributed by atoms with van der Waals surface area (Å²) in [7, 11) is 0. The molecule has 7 aromatic heterocycles. The second-order valence-corrected chi connectivity index (χ2v) is 34.8. The molecule has 0 atom stereocenters. The van der Waals surface area contributed by atoms with E-state index in [1.54, 1.807) is 6.26 Å². The third kappa shape index (κ3) is 28.8. The Kier molecular flexibility index (Phi) is 35.2. The number of para-hydroxylation sites is 2. The molecule has 18 nitrogen and oxygen atoms in total. The Balaban J connectivity index is 0.000000183. The van der Waals surface area contributed by atoms with Crippen LogP contribution in [0, 0.1) is 6.92 Å². The summed E-state index contributed by atoms with van der Waals surface area (Å²) >= 11 is -0.750. The van der Waals surface area contributed by atoms with Crippen LogP contribution in [0.15, 0.2) is 219 Å². The number of rotatable bonds is 11. The van der Waals surface area contributed by atoms with Gasteiger partial charge < -0.3 is 38.5 Å². The van der Waals surface area contributed by atoms with Crippen molar-refractivity contribution in [2.24, 2.45) is 0 Å². The molecule has 16 rings (SSSR count). The van der Waals surface area contributed by atoms with Crippen molar-refractivity contribution < 1.29 is 35.9 Å². The fraction of sp³-hybridized carbons (Fsp3) is 0.384. The monoisotopic (exact) mass is 1610 g/mol. The fourth-order valence-electron chi connectivity index (χ4n) is 12.0. The number of nitrogens with zero attached hydrogens (tertiary/aromatic N) is 5. The van der Waals surface area contributed by atoms with E-state index in [0.717, 1.165) is 90.6 Å². The van der Waals surface area contributed by atoms with Gasteiger partial charge in [0.2, 0.25) is 11.8 Å². The minimum atomic E-state index is -0.750. The molecule has 0 saturated heterocycles. The molecule has 0 bridgehead atoms. The minimum absolute atomic E-state index is 0.0804. The number of anilines is 2. The molecule has 14 aromatic rings. The van der Waals surface area contributed by atoms with Gasteiger partial charge in [-0.1, -0.05) is 279 Å². The van der Waals surface area contributed by atoms with Crippen LogP contribution in [0.25, 0.3) is 55.6 Å². The lowest BCUT2D eigenvalue weighted by molar-refractivity contribution is -0.115. The van der Waals surface area contributed by atoms with Gasteiger partial charge >= 0.3 is 11.6 Å². The number of hydrogen-bond donors (Lipinski definition) is 5. The summed E-state index contributed by atoms with van der Waals surface area (Å²) in [6.07, 6.45) is 8.42. The van der Waals surface area contributed by atoms with Crippen LogP contribution >= 0.6 is 0 Å². The molecule has 7 aromatic carbocycles. The first-order valence-corrected chi connectivity index (χ1v) is 41.8. The Labute approximate surface area is 703 Å². The van der Waals surface area contributed by atoms with Crippen LogP contribution in [-0.2, 0) is 44.8 Å². The average molecular weight is 1620 g/mol. The van der Waals surface area contributed by atoms with Gasteiger partial charge in [-0.2, -0.15) is 13.5 Å². The Morgan fingerprint density at radius 2 is 0.949 bits per heavy atom. The molecule has 0 fully saturated rings. The van der Waals surface area contributed by atoms with Gasteiger partial charge in [-0.25, -0.2) is 9.97 Å². The molecular weight excluding hydrogens is 1490 g/mol. The van der Waals surface area contributed by atoms with E-state index < -0.39 is 11.6 Å². The zero-order chi connectivity index (χ0) is 86.7. The molecule has 5 N–H and O–H groups in total. The second-order valence-electron chi connectivity index (χ2n) is 34.7. The maximum Gasteiger partial charge on any atom is 0.335 e. The Morgan fingerprint density at radius 3 is 1.42 bits per heavy atom. The van der Waals surface area contributed by atoms with Gasteiger partial charge in [0.1, 0.15) is 28.6 Å². The highest BCUT2D eigenvalue weighted by Gasteiger charge is 2.23. The number of carbonyl (C=O) groups is 2. The lowest BCUT2D eigenvalue weighted by atomic mass is 9.92. The summed E-state index contributed by atoms with van der Waals surface area (Å²) in [5, 5.41) is 21.6. The van der Waals surface area contributed by atoms with Gasteiger partial charge in [-0.05, 0) is 165 Å². The number of benzene rings is 7. The van der Waals surface area contributed by atoms with Gasteiger partial charge in [-0.15, -0.1) is 0 Å². The summed E-state index contributed by atoms with van der Waals surface area (Å²) in [5.74, 6) is 9.31. The molecule has 19 heteroatoms. The summed E-state index contributed by atoms with van der Waals surface area (Å²) in [6, 6.07) is 60.4. The smallest absolute Gasteiger partial charge is 0.335 e. The van der Waals surface area contributed by atoms with E-state index in [4.69, 9.17) is 26.3 Å². The van der Waals surface area contributed by atoms with Crippen LogP contribution in [0.3, 0.4) is 0 Å². The molecule has 0 unspecified atom stereocenters. The normalized spacial score (nSPS) is 11.9. The first kappa shape index (κ1) is 93.8. The molecule has 0 radical (unpaired) electrons. The van der Waals surface area contributed by atoms with Crippen molar-refractivity contribution in [3.63, 3.8) is 0 Å². The number of aromatic nitrogens is 8. The lowest BCUT2D eigenvalue weighted by Gasteiger charge is -2.13. The first-order chi connectivity index (χ1) is 55.8. The molecule has 0 aliphatic carbocycles. The van der Waals surface area contributed by atoms with Crippen molar-refractivity contribution in [1.29, 1.82) is 0 Å². The van der Waals surface area contributed by atoms with Gasteiger partial charge in [0.15, 0.2) is 17.2 Å². The molecule has 9 heterocycles. The zero-order valence-electron chi connectivity index (χ0n) is 74.1. The van der Waals surface area contributed by atoms with Gasteiger partial charge in [-0.3, -0.25) is 14.7 Å². The quantitative estimate of drug-likeness (QED) is 0.0808. The van der Waals surface area contributed by atoms with Crippen molar-refractivity contribution in [3.05, 3.63) is 280 Å². The zero-order valence-corrected chi connectivity index (χ0v) is 74.9. The van der Waals surface area contributed by atoms with Crippen LogP contribution in [0.1, 0.15) is 298 Å². The number of H-pyrrole nitrogens is 3. The van der Waals surface area contributed by atoms with E-state index in [9.17, 15) is 9.59 Å². The standard InChI is InChI=1S/C14H20N2.C12H14N2.2C11H13NO.C11H13N.C10H11NO2.C10H11NO.C10H17NO.C10H14.O2S/c1-9(2)10-6-7-11-12(8-10)16-13(15-11)14(3,4)5;1-9(2)10-3-5-11(6-4-10)12-7-13-14-8-12;2*1-7(2)8-3-4-10-9(5-8)6-11(13)12-10;1-8(2)9-3-4-11-10(7-9)5-6-12-11;1-7(2)10-6-8(11-13-10)9-4-3-5-12-9;1-7(2)10-11-8-5-3-4-6-9(8)12-10;1-7(2)8-6-9(11-12-8)10(3,4)5;1-8(2)10-6-4-9(3)5-7-10;1-3-2/h6-9H,1-5H3,(H,15,16);3-9H,1-2H3,(H,13,14);2*3-5,7H,6H2,1-2H3,(H,12,13);3-8,12H,1-2H3;3-7H,1-2H3;3-7H,1-2H3;6-7H,1-5H3;4-8H,1-3H3;. The largest absolute Gasteiger partial charge is 0.463 e. The number of nitrogens with one attached hydrogen (secondary N) is 5. The van der Waals surface area contributed by atoms with Gasteiger partial charge in [0, 0.05) is 75.6 Å². The van der Waals surface area contributed by atoms with E-state index in [1.165, 1.54) is 55.4 Å². The molecule has 2 amide bonds. The minimum Gasteiger partial charge on any atom is -0.463 e. The molecule has 118 heavy (non-hydrogen) atoms. The lowest BCUT2D eigenvalue weighted by Crippen LogP contribution is -2.12. The molecule has 0 spiro atoms. The van der Waals surface area contributed by atoms with E-state index in [2.05, 4.69) is 339 Å². The summed E-state index contributed by atoms with van der Waals surface area (Å²) < 4.78 is 37.6. The summed E-state index contributed by atoms with van der Waals surface area (Å²) in [6.45, 7) is 53.8. The van der Waals surface area contributed by atoms with E-state index in [-0.39, 0.29) is 22.6 Å². The average Bonchev–Trinajstić information content (AvgIpc) is 1.67. The number of imidazole rings is 1. The number of hydrogen-bond acceptors (Lipinski definition) is 13. The highest BCUT2D eigenvalue weighted by Crippen LogP contribution is 2.32. The Hall–Kier alpha value is -11.3. The fourth-order valence-corrected chi connectivity index (χ4v) is 12.0. The van der Waals surface area contributed by atoms with Crippen LogP contribution < -0.4 is 10.6 Å². The molecule has 2 aliphatic rings. The van der Waals surface area contributed by atoms with Crippen molar-refractivity contribution in [2.75, 3.05) is 10.6 Å². The van der Waals surface area contributed by atoms with Gasteiger partial charge in [0.05, 0.1) is 42.0 Å². The van der Waals surface area contributed by atoms with Crippen LogP contribution in [0.2, 0.25) is 0 Å². The van der Waals surface area contributed by atoms with Crippen LogP contribution in [0.4, 0.5) is 11.4 Å². The number of aryl methyl sites for hydroxylation is 1. The predicted octanol–water partition coefficient (Wildman–Crippen LogP) is 26.6. The molecule has 2 aliphatic heterocycles. The number of fused-ring (bicyclic) bond motifs is 5. The van der Waals surface area contributed by atoms with Crippen molar-refractivity contribution in [3.8, 4) is 22.6 Å². The number of aromatic amines is 3. The topological polar surface area (TPSA) is 257 Å². The number of amides is 2. The highest BCUT2D eigenvalue weighted by molar-refractivity contribution is 7.51. The Bertz CT molecular complexity index is 5290. The van der Waals surface area contributed by atoms with Crippen LogP contribution in [-0.4, -0.2) is 60.7 Å². The van der Waals surface area contributed by atoms with E-state index in [0.29, 0.717) is 66.1 Å². The summed E-state index contributed by atoms with van der Waals surface area (Å²) in [4.78, 5) is 37.7. The van der Waals surface area contributed by atoms with Crippen molar-refractivity contribution >= 4 is 67.8 Å². The second kappa shape index (κ2) is 44.3. The molecular formula is C99H126N10O8S. The van der Waals surface area contributed by atoms with Crippen LogP contribution in [0.5, 0.6) is 0 Å². The number of furan rings is 1. The third-order valence-electron chi connectivity index (χ3n) is 19.7. The first-order valence-electron chi connectivity index (χ1n) is 41.2. The van der Waals surface area contributed by atoms with Gasteiger partial charge in [0.25, 0.3) is 0 Å². The predicted molar refractivity (Wildman–Crippen MR) is 485 cm³/mol.